The Balaban J connectivity index is 2.90. The Morgan fingerprint density at radius 3 is 2.57 bits per heavy atom. The van der Waals surface area contributed by atoms with Gasteiger partial charge in [0.1, 0.15) is 11.5 Å². The monoisotopic (exact) mass is 196 g/mol. The number of rotatable bonds is 1. The van der Waals surface area contributed by atoms with Crippen molar-refractivity contribution in [2.45, 2.75) is 34.1 Å². The topological polar surface area (TPSA) is 43.4 Å². The van der Waals surface area contributed by atoms with Crippen molar-refractivity contribution < 1.29 is 14.3 Å². The number of Topliss-reactive ketones (excluding diaryl/α,β-unsaturated/α-hetero) is 1. The number of ketones is 1. The third kappa shape index (κ3) is 2.22. The first kappa shape index (κ1) is 11.0. The molecule has 0 fully saturated rings. The fourth-order valence-corrected chi connectivity index (χ4v) is 1.82. The molecule has 0 spiro atoms. The van der Waals surface area contributed by atoms with Gasteiger partial charge in [0.25, 0.3) is 0 Å². The standard InChI is InChI=1S/C11H16O3/c1-7-5-9(14-8(2)12)6-11(3,4)10(7)13/h6-7H,5H2,1-4H3. The van der Waals surface area contributed by atoms with E-state index in [0.717, 1.165) is 0 Å². The van der Waals surface area contributed by atoms with Crippen LogP contribution in [0.5, 0.6) is 0 Å². The number of carbonyl (C=O) groups is 2. The quantitative estimate of drug-likeness (QED) is 0.603. The van der Waals surface area contributed by atoms with Crippen molar-refractivity contribution in [2.75, 3.05) is 0 Å². The van der Waals surface area contributed by atoms with Gasteiger partial charge in [-0.15, -0.1) is 0 Å². The van der Waals surface area contributed by atoms with Crippen molar-refractivity contribution in [1.29, 1.82) is 0 Å². The van der Waals surface area contributed by atoms with Crippen molar-refractivity contribution in [1.82, 2.24) is 0 Å². The molecule has 78 valence electrons. The highest BCUT2D eigenvalue weighted by Crippen LogP contribution is 2.33. The van der Waals surface area contributed by atoms with Crippen LogP contribution in [0.15, 0.2) is 11.8 Å². The van der Waals surface area contributed by atoms with Gasteiger partial charge >= 0.3 is 5.97 Å². The van der Waals surface area contributed by atoms with E-state index < -0.39 is 5.41 Å². The van der Waals surface area contributed by atoms with Crippen LogP contribution in [0, 0.1) is 11.3 Å². The molecule has 14 heavy (non-hydrogen) atoms. The molecule has 0 radical (unpaired) electrons. The van der Waals surface area contributed by atoms with Crippen molar-refractivity contribution in [3.05, 3.63) is 11.8 Å². The normalized spacial score (nSPS) is 25.6. The molecule has 0 aromatic heterocycles. The van der Waals surface area contributed by atoms with Gasteiger partial charge in [0.05, 0.1) is 0 Å². The van der Waals surface area contributed by atoms with E-state index in [2.05, 4.69) is 0 Å². The summed E-state index contributed by atoms with van der Waals surface area (Å²) in [6.45, 7) is 6.92. The molecule has 0 saturated heterocycles. The second-order valence-electron chi connectivity index (χ2n) is 4.40. The van der Waals surface area contributed by atoms with Crippen LogP contribution in [0.3, 0.4) is 0 Å². The Hall–Kier alpha value is -1.12. The van der Waals surface area contributed by atoms with Crippen molar-refractivity contribution >= 4 is 11.8 Å². The number of hydrogen-bond donors (Lipinski definition) is 0. The maximum Gasteiger partial charge on any atom is 0.307 e. The zero-order valence-electron chi connectivity index (χ0n) is 9.09. The first-order valence-corrected chi connectivity index (χ1v) is 4.77. The third-order valence-corrected chi connectivity index (χ3v) is 2.39. The summed E-state index contributed by atoms with van der Waals surface area (Å²) in [5.41, 5.74) is -0.511. The van der Waals surface area contributed by atoms with Crippen molar-refractivity contribution in [2.24, 2.45) is 11.3 Å². The summed E-state index contributed by atoms with van der Waals surface area (Å²) in [4.78, 5) is 22.5. The van der Waals surface area contributed by atoms with Crippen LogP contribution in [0.2, 0.25) is 0 Å². The molecule has 0 bridgehead atoms. The van der Waals surface area contributed by atoms with Crippen LogP contribution in [-0.2, 0) is 14.3 Å². The van der Waals surface area contributed by atoms with E-state index in [4.69, 9.17) is 4.74 Å². The maximum atomic E-state index is 11.7. The van der Waals surface area contributed by atoms with Gasteiger partial charge < -0.3 is 4.74 Å². The van der Waals surface area contributed by atoms with Crippen LogP contribution in [0.1, 0.15) is 34.1 Å². The summed E-state index contributed by atoms with van der Waals surface area (Å²) >= 11 is 0. The molecule has 0 aromatic rings. The van der Waals surface area contributed by atoms with Gasteiger partial charge in [-0.05, 0) is 19.9 Å². The van der Waals surface area contributed by atoms with Gasteiger partial charge in [-0.3, -0.25) is 9.59 Å². The molecule has 1 aliphatic carbocycles. The van der Waals surface area contributed by atoms with E-state index in [-0.39, 0.29) is 17.7 Å². The maximum absolute atomic E-state index is 11.7. The van der Waals surface area contributed by atoms with E-state index in [1.54, 1.807) is 6.08 Å². The number of hydrogen-bond acceptors (Lipinski definition) is 3. The lowest BCUT2D eigenvalue weighted by atomic mass is 9.75. The largest absolute Gasteiger partial charge is 0.432 e. The molecular weight excluding hydrogens is 180 g/mol. The molecule has 0 N–H and O–H groups in total. The highest BCUT2D eigenvalue weighted by molar-refractivity contribution is 5.89. The van der Waals surface area contributed by atoms with Crippen LogP contribution < -0.4 is 0 Å². The average molecular weight is 196 g/mol. The van der Waals surface area contributed by atoms with Gasteiger partial charge in [-0.25, -0.2) is 0 Å². The zero-order chi connectivity index (χ0) is 10.9. The Morgan fingerprint density at radius 2 is 2.14 bits per heavy atom. The SMILES string of the molecule is CC(=O)OC1=CC(C)(C)C(=O)C(C)C1. The summed E-state index contributed by atoms with van der Waals surface area (Å²) in [6, 6.07) is 0. The smallest absolute Gasteiger partial charge is 0.307 e. The molecule has 0 aliphatic heterocycles. The fraction of sp³-hybridized carbons (Fsp3) is 0.636. The zero-order valence-corrected chi connectivity index (χ0v) is 9.09. The van der Waals surface area contributed by atoms with Crippen molar-refractivity contribution in [3.63, 3.8) is 0 Å². The summed E-state index contributed by atoms with van der Waals surface area (Å²) in [5.74, 6) is 0.431. The molecule has 1 unspecified atom stereocenters. The third-order valence-electron chi connectivity index (χ3n) is 2.39. The molecule has 3 nitrogen and oxygen atoms in total. The lowest BCUT2D eigenvalue weighted by Crippen LogP contribution is -2.32. The van der Waals surface area contributed by atoms with Crippen LogP contribution in [0.25, 0.3) is 0 Å². The molecule has 1 rings (SSSR count). The second kappa shape index (κ2) is 3.56. The highest BCUT2D eigenvalue weighted by Gasteiger charge is 2.35. The minimum atomic E-state index is -0.511. The predicted molar refractivity (Wildman–Crippen MR) is 52.4 cm³/mol. The lowest BCUT2D eigenvalue weighted by molar-refractivity contribution is -0.139. The van der Waals surface area contributed by atoms with Crippen LogP contribution in [-0.4, -0.2) is 11.8 Å². The Labute approximate surface area is 84.1 Å². The minimum Gasteiger partial charge on any atom is -0.432 e. The van der Waals surface area contributed by atoms with Gasteiger partial charge in [0, 0.05) is 24.7 Å². The van der Waals surface area contributed by atoms with E-state index in [9.17, 15) is 9.59 Å². The number of allylic oxidation sites excluding steroid dienone is 2. The second-order valence-corrected chi connectivity index (χ2v) is 4.40. The van der Waals surface area contributed by atoms with Crippen LogP contribution in [0.4, 0.5) is 0 Å². The Bertz CT molecular complexity index is 300. The minimum absolute atomic E-state index is 0.0654. The average Bonchev–Trinajstić information content (AvgIpc) is 1.98. The summed E-state index contributed by atoms with van der Waals surface area (Å²) in [6.07, 6.45) is 2.28. The lowest BCUT2D eigenvalue weighted by Gasteiger charge is -2.29. The van der Waals surface area contributed by atoms with Crippen LogP contribution >= 0.6 is 0 Å². The fourth-order valence-electron chi connectivity index (χ4n) is 1.82. The number of ether oxygens (including phenoxy) is 1. The molecule has 3 heteroatoms. The molecular formula is C11H16O3. The number of esters is 1. The highest BCUT2D eigenvalue weighted by atomic mass is 16.5. The first-order valence-electron chi connectivity index (χ1n) is 4.77. The molecule has 0 aromatic carbocycles. The summed E-state index contributed by atoms with van der Waals surface area (Å²) in [5, 5.41) is 0. The molecule has 1 aliphatic rings. The Kier molecular flexibility index (Phi) is 2.79. The Morgan fingerprint density at radius 1 is 1.57 bits per heavy atom. The van der Waals surface area contributed by atoms with E-state index >= 15 is 0 Å². The van der Waals surface area contributed by atoms with Gasteiger partial charge in [-0.2, -0.15) is 0 Å². The first-order chi connectivity index (χ1) is 6.33. The van der Waals surface area contributed by atoms with Gasteiger partial charge in [0.15, 0.2) is 0 Å². The predicted octanol–water partition coefficient (Wildman–Crippen LogP) is 2.07. The summed E-state index contributed by atoms with van der Waals surface area (Å²) in [7, 11) is 0. The van der Waals surface area contributed by atoms with Gasteiger partial charge in [0.2, 0.25) is 0 Å². The van der Waals surface area contributed by atoms with E-state index in [0.29, 0.717) is 12.2 Å². The van der Waals surface area contributed by atoms with E-state index in [1.165, 1.54) is 6.92 Å². The number of carbonyl (C=O) groups excluding carboxylic acids is 2. The van der Waals surface area contributed by atoms with E-state index in [1.807, 2.05) is 20.8 Å². The molecule has 0 heterocycles. The molecule has 1 atom stereocenters. The van der Waals surface area contributed by atoms with Gasteiger partial charge in [-0.1, -0.05) is 6.92 Å². The summed E-state index contributed by atoms with van der Waals surface area (Å²) < 4.78 is 5.02. The molecule has 0 amide bonds. The molecule has 0 saturated carbocycles. The van der Waals surface area contributed by atoms with Crippen molar-refractivity contribution in [3.8, 4) is 0 Å².